The van der Waals surface area contributed by atoms with Crippen LogP contribution in [0.15, 0.2) is 0 Å². The second-order valence-electron chi connectivity index (χ2n) is 3.83. The number of piperidine rings is 1. The number of nitrogens with one attached hydrogen (secondary N) is 2. The van der Waals surface area contributed by atoms with E-state index in [2.05, 4.69) is 10.5 Å². The molecule has 62 valence electrons. The lowest BCUT2D eigenvalue weighted by atomic mass is 9.85. The van der Waals surface area contributed by atoms with E-state index in [0.29, 0.717) is 5.54 Å². The molecule has 0 amide bonds. The van der Waals surface area contributed by atoms with Crippen LogP contribution in [0.4, 0.5) is 0 Å². The van der Waals surface area contributed by atoms with Crippen molar-refractivity contribution in [3.05, 3.63) is 0 Å². The SMILES string of the molecule is CB(O)NC12CCNCC1C2. The molecule has 3 N–H and O–H groups in total. The summed E-state index contributed by atoms with van der Waals surface area (Å²) >= 11 is 0. The van der Waals surface area contributed by atoms with E-state index < -0.39 is 0 Å². The van der Waals surface area contributed by atoms with E-state index in [0.717, 1.165) is 19.0 Å². The highest BCUT2D eigenvalue weighted by atomic mass is 16.2. The molecule has 4 heteroatoms. The molecule has 11 heavy (non-hydrogen) atoms. The van der Waals surface area contributed by atoms with Gasteiger partial charge in [0.25, 0.3) is 0 Å². The van der Waals surface area contributed by atoms with Gasteiger partial charge in [0.1, 0.15) is 0 Å². The van der Waals surface area contributed by atoms with Crippen molar-refractivity contribution in [2.24, 2.45) is 5.92 Å². The second-order valence-corrected chi connectivity index (χ2v) is 3.83. The normalized spacial score (nSPS) is 41.5. The molecule has 2 unspecified atom stereocenters. The highest BCUT2D eigenvalue weighted by Crippen LogP contribution is 2.47. The van der Waals surface area contributed by atoms with Crippen molar-refractivity contribution in [1.29, 1.82) is 0 Å². The molecule has 0 spiro atoms. The van der Waals surface area contributed by atoms with Gasteiger partial charge in [0.05, 0.1) is 0 Å². The fourth-order valence-electron chi connectivity index (χ4n) is 2.21. The van der Waals surface area contributed by atoms with Gasteiger partial charge >= 0.3 is 7.05 Å². The Labute approximate surface area is 67.7 Å². The van der Waals surface area contributed by atoms with Gasteiger partial charge in [-0.25, -0.2) is 0 Å². The van der Waals surface area contributed by atoms with Crippen molar-refractivity contribution in [2.45, 2.75) is 25.2 Å². The molecule has 0 radical (unpaired) electrons. The Morgan fingerprint density at radius 1 is 1.73 bits per heavy atom. The lowest BCUT2D eigenvalue weighted by Crippen LogP contribution is -2.48. The summed E-state index contributed by atoms with van der Waals surface area (Å²) in [6.07, 6.45) is 2.41. The van der Waals surface area contributed by atoms with Crippen LogP contribution in [-0.2, 0) is 0 Å². The molecule has 0 aromatic heterocycles. The summed E-state index contributed by atoms with van der Waals surface area (Å²) in [6, 6.07) is 0. The molecule has 1 saturated heterocycles. The average Bonchev–Trinajstić information content (AvgIpc) is 2.59. The highest BCUT2D eigenvalue weighted by molar-refractivity contribution is 6.45. The summed E-state index contributed by atoms with van der Waals surface area (Å²) in [4.78, 5) is 0. The van der Waals surface area contributed by atoms with Gasteiger partial charge in [-0.3, -0.25) is 0 Å². The predicted molar refractivity (Wildman–Crippen MR) is 45.3 cm³/mol. The molecule has 2 atom stereocenters. The van der Waals surface area contributed by atoms with Crippen LogP contribution in [-0.4, -0.2) is 30.7 Å². The highest BCUT2D eigenvalue weighted by Gasteiger charge is 2.55. The van der Waals surface area contributed by atoms with Crippen LogP contribution in [0.2, 0.25) is 6.82 Å². The minimum atomic E-state index is -0.349. The monoisotopic (exact) mass is 154 g/mol. The van der Waals surface area contributed by atoms with E-state index in [1.54, 1.807) is 6.82 Å². The quantitative estimate of drug-likeness (QED) is 0.467. The Kier molecular flexibility index (Phi) is 1.70. The summed E-state index contributed by atoms with van der Waals surface area (Å²) in [7, 11) is -0.349. The Balaban J connectivity index is 1.92. The van der Waals surface area contributed by atoms with Gasteiger partial charge in [-0.05, 0) is 38.7 Å². The third-order valence-corrected chi connectivity index (χ3v) is 2.87. The molecule has 1 heterocycles. The van der Waals surface area contributed by atoms with Crippen LogP contribution in [0.1, 0.15) is 12.8 Å². The summed E-state index contributed by atoms with van der Waals surface area (Å²) < 4.78 is 0. The van der Waals surface area contributed by atoms with Crippen LogP contribution >= 0.6 is 0 Å². The molecule has 0 aromatic rings. The van der Waals surface area contributed by atoms with Gasteiger partial charge < -0.3 is 15.6 Å². The van der Waals surface area contributed by atoms with Crippen molar-refractivity contribution < 1.29 is 5.02 Å². The van der Waals surface area contributed by atoms with Gasteiger partial charge in [-0.15, -0.1) is 0 Å². The lowest BCUT2D eigenvalue weighted by Gasteiger charge is -2.24. The number of rotatable bonds is 2. The first-order chi connectivity index (χ1) is 5.23. The summed E-state index contributed by atoms with van der Waals surface area (Å²) in [6.45, 7) is 4.02. The van der Waals surface area contributed by atoms with Crippen LogP contribution in [0, 0.1) is 5.92 Å². The van der Waals surface area contributed by atoms with E-state index in [9.17, 15) is 0 Å². The molecule has 2 fully saturated rings. The number of hydrogen-bond donors (Lipinski definition) is 3. The summed E-state index contributed by atoms with van der Waals surface area (Å²) in [5, 5.41) is 15.8. The first-order valence-corrected chi connectivity index (χ1v) is 4.39. The maximum absolute atomic E-state index is 9.16. The van der Waals surface area contributed by atoms with Crippen LogP contribution < -0.4 is 10.5 Å². The van der Waals surface area contributed by atoms with Crippen LogP contribution in [0.3, 0.4) is 0 Å². The molecule has 1 aliphatic carbocycles. The third-order valence-electron chi connectivity index (χ3n) is 2.87. The molecule has 1 aliphatic heterocycles. The third kappa shape index (κ3) is 1.30. The standard InChI is InChI=1S/C7H15BN2O/c1-8(11)10-7-2-3-9-5-6(7)4-7/h6,9-11H,2-5H2,1H3. The van der Waals surface area contributed by atoms with Crippen molar-refractivity contribution >= 4 is 7.05 Å². The Morgan fingerprint density at radius 2 is 2.55 bits per heavy atom. The van der Waals surface area contributed by atoms with Crippen molar-refractivity contribution in [1.82, 2.24) is 10.5 Å². The topological polar surface area (TPSA) is 44.3 Å². The van der Waals surface area contributed by atoms with E-state index >= 15 is 0 Å². The average molecular weight is 154 g/mol. The minimum absolute atomic E-state index is 0.305. The number of fused-ring (bicyclic) bond motifs is 1. The molecule has 0 aromatic carbocycles. The van der Waals surface area contributed by atoms with Crippen LogP contribution in [0.5, 0.6) is 0 Å². The number of hydrogen-bond acceptors (Lipinski definition) is 3. The molecule has 3 nitrogen and oxygen atoms in total. The van der Waals surface area contributed by atoms with Crippen molar-refractivity contribution in [2.75, 3.05) is 13.1 Å². The molecule has 2 aliphatic rings. The zero-order valence-corrected chi connectivity index (χ0v) is 6.93. The van der Waals surface area contributed by atoms with E-state index in [-0.39, 0.29) is 7.05 Å². The summed E-state index contributed by atoms with van der Waals surface area (Å²) in [5.41, 5.74) is 0.305. The van der Waals surface area contributed by atoms with E-state index in [4.69, 9.17) is 5.02 Å². The second kappa shape index (κ2) is 2.47. The first-order valence-electron chi connectivity index (χ1n) is 4.39. The lowest BCUT2D eigenvalue weighted by molar-refractivity contribution is 0.398. The first kappa shape index (κ1) is 7.59. The fourth-order valence-corrected chi connectivity index (χ4v) is 2.21. The van der Waals surface area contributed by atoms with Crippen molar-refractivity contribution in [3.63, 3.8) is 0 Å². The summed E-state index contributed by atoms with van der Waals surface area (Å²) in [5.74, 6) is 0.769. The predicted octanol–water partition coefficient (Wildman–Crippen LogP) is -0.562. The zero-order valence-electron chi connectivity index (χ0n) is 6.93. The smallest absolute Gasteiger partial charge is 0.374 e. The van der Waals surface area contributed by atoms with Gasteiger partial charge in [0, 0.05) is 5.54 Å². The van der Waals surface area contributed by atoms with Crippen molar-refractivity contribution in [3.8, 4) is 0 Å². The van der Waals surface area contributed by atoms with E-state index in [1.807, 2.05) is 0 Å². The molecular weight excluding hydrogens is 139 g/mol. The van der Waals surface area contributed by atoms with Gasteiger partial charge in [-0.2, -0.15) is 0 Å². The molecular formula is C7H15BN2O. The Bertz CT molecular complexity index is 165. The maximum Gasteiger partial charge on any atom is 0.374 e. The van der Waals surface area contributed by atoms with Gasteiger partial charge in [0.15, 0.2) is 0 Å². The Morgan fingerprint density at radius 3 is 3.18 bits per heavy atom. The van der Waals surface area contributed by atoms with Gasteiger partial charge in [0.2, 0.25) is 0 Å². The largest absolute Gasteiger partial charge is 0.437 e. The fraction of sp³-hybridized carbons (Fsp3) is 1.00. The maximum atomic E-state index is 9.16. The Hall–Kier alpha value is -0.0551. The van der Waals surface area contributed by atoms with Crippen LogP contribution in [0.25, 0.3) is 0 Å². The molecule has 2 rings (SSSR count). The minimum Gasteiger partial charge on any atom is -0.437 e. The zero-order chi connectivity index (χ0) is 7.90. The van der Waals surface area contributed by atoms with Gasteiger partial charge in [-0.1, -0.05) is 0 Å². The molecule has 0 bridgehead atoms. The molecule has 1 saturated carbocycles. The van der Waals surface area contributed by atoms with E-state index in [1.165, 1.54) is 12.8 Å².